The van der Waals surface area contributed by atoms with Crippen molar-refractivity contribution in [3.05, 3.63) is 93.0 Å². The molecule has 1 aromatic heterocycles. The monoisotopic (exact) mass is 623 g/mol. The number of nitrogens with zero attached hydrogens (tertiary/aromatic N) is 1. The molecule has 0 radical (unpaired) electrons. The van der Waals surface area contributed by atoms with E-state index in [1.165, 1.54) is 49.0 Å². The highest BCUT2D eigenvalue weighted by Gasteiger charge is 2.24. The smallest absolute Gasteiger partial charge is 0.305 e. The Morgan fingerprint density at radius 3 is 2.38 bits per heavy atom. The third-order valence-electron chi connectivity index (χ3n) is 7.65. The van der Waals surface area contributed by atoms with Crippen LogP contribution in [-0.2, 0) is 16.0 Å². The van der Waals surface area contributed by atoms with E-state index in [2.05, 4.69) is 27.8 Å². The van der Waals surface area contributed by atoms with Gasteiger partial charge in [0.25, 0.3) is 5.91 Å². The lowest BCUT2D eigenvalue weighted by Gasteiger charge is -2.23. The summed E-state index contributed by atoms with van der Waals surface area (Å²) in [7, 11) is 0. The number of carboxylic acid groups (broad SMARTS) is 1. The number of hydrogen-bond donors (Lipinski definition) is 3. The highest BCUT2D eigenvalue weighted by molar-refractivity contribution is 7.23. The van der Waals surface area contributed by atoms with E-state index >= 15 is 0 Å². The first-order valence-corrected chi connectivity index (χ1v) is 15.6. The third kappa shape index (κ3) is 7.48. The van der Waals surface area contributed by atoms with Crippen LogP contribution < -0.4 is 10.6 Å². The van der Waals surface area contributed by atoms with Crippen molar-refractivity contribution in [2.24, 2.45) is 0 Å². The fourth-order valence-electron chi connectivity index (χ4n) is 5.42. The lowest BCUT2D eigenvalue weighted by molar-refractivity contribution is -0.136. The summed E-state index contributed by atoms with van der Waals surface area (Å²) in [5.41, 5.74) is 4.14. The van der Waals surface area contributed by atoms with Crippen molar-refractivity contribution in [1.82, 2.24) is 10.3 Å². The molecule has 1 aliphatic carbocycles. The number of rotatable bonds is 10. The molecule has 4 aromatic rings. The summed E-state index contributed by atoms with van der Waals surface area (Å²) in [6.07, 6.45) is 6.46. The zero-order valence-corrected chi connectivity index (χ0v) is 25.2. The Morgan fingerprint density at radius 1 is 0.976 bits per heavy atom. The van der Waals surface area contributed by atoms with Gasteiger partial charge in [-0.15, -0.1) is 0 Å². The van der Waals surface area contributed by atoms with E-state index in [1.807, 2.05) is 24.3 Å². The van der Waals surface area contributed by atoms with E-state index in [-0.39, 0.29) is 24.8 Å². The first-order valence-electron chi connectivity index (χ1n) is 14.0. The Bertz CT molecular complexity index is 1580. The number of thiazole rings is 1. The van der Waals surface area contributed by atoms with Crippen molar-refractivity contribution in [3.8, 4) is 0 Å². The summed E-state index contributed by atoms with van der Waals surface area (Å²) in [4.78, 5) is 41.4. The van der Waals surface area contributed by atoms with Gasteiger partial charge in [-0.2, -0.15) is 0 Å². The summed E-state index contributed by atoms with van der Waals surface area (Å²) in [5, 5.41) is 15.8. The molecule has 218 valence electrons. The molecule has 1 unspecified atom stereocenters. The molecule has 0 bridgehead atoms. The van der Waals surface area contributed by atoms with E-state index in [0.29, 0.717) is 38.6 Å². The molecular formula is C32H31Cl2N3O4S. The molecule has 1 atom stereocenters. The van der Waals surface area contributed by atoms with Gasteiger partial charge in [-0.05, 0) is 66.1 Å². The summed E-state index contributed by atoms with van der Waals surface area (Å²) < 4.78 is 0.752. The summed E-state index contributed by atoms with van der Waals surface area (Å²) in [6, 6.07) is 18.8. The van der Waals surface area contributed by atoms with E-state index in [9.17, 15) is 14.4 Å². The Morgan fingerprint density at radius 2 is 1.69 bits per heavy atom. The number of carboxylic acids is 1. The quantitative estimate of drug-likeness (QED) is 0.167. The molecule has 0 spiro atoms. The van der Waals surface area contributed by atoms with Crippen LogP contribution in [0.25, 0.3) is 10.2 Å². The average Bonchev–Trinajstić information content (AvgIpc) is 3.39. The number of fused-ring (bicyclic) bond motifs is 1. The van der Waals surface area contributed by atoms with Crippen LogP contribution in [0.15, 0.2) is 60.7 Å². The van der Waals surface area contributed by atoms with Crippen LogP contribution in [0.5, 0.6) is 0 Å². The van der Waals surface area contributed by atoms with Crippen molar-refractivity contribution < 1.29 is 19.5 Å². The molecule has 1 fully saturated rings. The number of carbonyl (C=O) groups is 3. The van der Waals surface area contributed by atoms with E-state index in [4.69, 9.17) is 28.3 Å². The fraction of sp³-hybridized carbons (Fsp3) is 0.312. The largest absolute Gasteiger partial charge is 0.481 e. The molecule has 0 aliphatic heterocycles. The van der Waals surface area contributed by atoms with Crippen molar-refractivity contribution in [2.45, 2.75) is 56.8 Å². The SMILES string of the molecule is O=C(O)CCNC(=O)c1ccc(CC(C(=O)Nc2nc3cc(Cl)cc(Cl)c3s2)c2ccc(C3CCCCC3)cc2)cc1. The van der Waals surface area contributed by atoms with Gasteiger partial charge in [-0.25, -0.2) is 4.98 Å². The van der Waals surface area contributed by atoms with Gasteiger partial charge in [0.2, 0.25) is 5.91 Å². The Hall–Kier alpha value is -3.46. The number of anilines is 1. The molecule has 42 heavy (non-hydrogen) atoms. The number of benzene rings is 3. The van der Waals surface area contributed by atoms with Gasteiger partial charge in [0.15, 0.2) is 5.13 Å². The number of carbonyl (C=O) groups excluding carboxylic acids is 2. The maximum absolute atomic E-state index is 13.8. The van der Waals surface area contributed by atoms with Crippen LogP contribution in [0.1, 0.15) is 77.4 Å². The molecule has 3 N–H and O–H groups in total. The molecule has 0 saturated heterocycles. The van der Waals surface area contributed by atoms with Crippen LogP contribution in [0.3, 0.4) is 0 Å². The number of halogens is 2. The second-order valence-corrected chi connectivity index (χ2v) is 12.4. The molecule has 7 nitrogen and oxygen atoms in total. The lowest BCUT2D eigenvalue weighted by atomic mass is 9.83. The van der Waals surface area contributed by atoms with Crippen molar-refractivity contribution >= 4 is 67.7 Å². The van der Waals surface area contributed by atoms with Gasteiger partial charge in [0.05, 0.1) is 27.6 Å². The Balaban J connectivity index is 1.36. The molecular weight excluding hydrogens is 593 g/mol. The molecule has 1 heterocycles. The number of nitrogens with one attached hydrogen (secondary N) is 2. The molecule has 1 aliphatic rings. The molecule has 5 rings (SSSR count). The first kappa shape index (κ1) is 30.0. The van der Waals surface area contributed by atoms with Gasteiger partial charge >= 0.3 is 5.97 Å². The van der Waals surface area contributed by atoms with E-state index in [1.54, 1.807) is 24.3 Å². The van der Waals surface area contributed by atoms with E-state index < -0.39 is 11.9 Å². The van der Waals surface area contributed by atoms with Crippen molar-refractivity contribution in [2.75, 3.05) is 11.9 Å². The van der Waals surface area contributed by atoms with Crippen LogP contribution >= 0.6 is 34.5 Å². The molecule has 1 saturated carbocycles. The number of amides is 2. The van der Waals surface area contributed by atoms with Crippen molar-refractivity contribution in [3.63, 3.8) is 0 Å². The summed E-state index contributed by atoms with van der Waals surface area (Å²) in [5.74, 6) is -1.46. The van der Waals surface area contributed by atoms with Crippen molar-refractivity contribution in [1.29, 1.82) is 0 Å². The zero-order valence-electron chi connectivity index (χ0n) is 22.9. The molecule has 3 aromatic carbocycles. The Kier molecular flexibility index (Phi) is 9.77. The lowest BCUT2D eigenvalue weighted by Crippen LogP contribution is -2.26. The predicted octanol–water partition coefficient (Wildman–Crippen LogP) is 7.82. The highest BCUT2D eigenvalue weighted by atomic mass is 35.5. The Labute approximate surface area is 258 Å². The minimum absolute atomic E-state index is 0.0538. The number of hydrogen-bond acceptors (Lipinski definition) is 5. The third-order valence-corrected chi connectivity index (χ3v) is 9.30. The number of aromatic nitrogens is 1. The zero-order chi connectivity index (χ0) is 29.6. The average molecular weight is 625 g/mol. The van der Waals surface area contributed by atoms with Crippen LogP contribution in [0.2, 0.25) is 10.0 Å². The van der Waals surface area contributed by atoms with E-state index in [0.717, 1.165) is 15.8 Å². The standard InChI is InChI=1S/C32H31Cl2N3O4S/c33-24-17-26(34)29-27(18-24)36-32(42-29)37-31(41)25(22-12-10-21(11-13-22)20-4-2-1-3-5-20)16-19-6-8-23(9-7-19)30(40)35-15-14-28(38)39/h6-13,17-18,20,25H,1-5,14-16H2,(H,35,40)(H,38,39)(H,36,37,41). The van der Waals surface area contributed by atoms with Gasteiger partial charge in [0, 0.05) is 17.1 Å². The molecule has 2 amide bonds. The second-order valence-electron chi connectivity index (χ2n) is 10.6. The second kappa shape index (κ2) is 13.7. The molecule has 10 heteroatoms. The normalized spacial score (nSPS) is 14.4. The topological polar surface area (TPSA) is 108 Å². The summed E-state index contributed by atoms with van der Waals surface area (Å²) >= 11 is 13.8. The minimum Gasteiger partial charge on any atom is -0.481 e. The maximum atomic E-state index is 13.8. The maximum Gasteiger partial charge on any atom is 0.305 e. The fourth-order valence-corrected chi connectivity index (χ4v) is 6.87. The first-order chi connectivity index (χ1) is 20.3. The highest BCUT2D eigenvalue weighted by Crippen LogP contribution is 2.36. The van der Waals surface area contributed by atoms with Gasteiger partial charge in [-0.3, -0.25) is 14.4 Å². The predicted molar refractivity (Wildman–Crippen MR) is 168 cm³/mol. The minimum atomic E-state index is -0.973. The van der Waals surface area contributed by atoms with Gasteiger partial charge in [-0.1, -0.05) is 90.2 Å². The number of aliphatic carboxylic acids is 1. The van der Waals surface area contributed by atoms with Crippen LogP contribution in [0.4, 0.5) is 5.13 Å². The summed E-state index contributed by atoms with van der Waals surface area (Å²) in [6.45, 7) is 0.0538. The van der Waals surface area contributed by atoms with Crippen LogP contribution in [0, 0.1) is 0 Å². The van der Waals surface area contributed by atoms with Gasteiger partial charge < -0.3 is 15.7 Å². The van der Waals surface area contributed by atoms with Crippen LogP contribution in [-0.4, -0.2) is 34.4 Å². The van der Waals surface area contributed by atoms with Gasteiger partial charge in [0.1, 0.15) is 0 Å².